The van der Waals surface area contributed by atoms with Crippen LogP contribution in [-0.2, 0) is 4.74 Å². The highest BCUT2D eigenvalue weighted by molar-refractivity contribution is 5.49. The van der Waals surface area contributed by atoms with E-state index in [1.165, 1.54) is 12.1 Å². The van der Waals surface area contributed by atoms with Crippen molar-refractivity contribution < 1.29 is 13.5 Å². The molecule has 1 aromatic rings. The molecule has 4 heteroatoms. The van der Waals surface area contributed by atoms with Crippen LogP contribution < -0.4 is 5.32 Å². The van der Waals surface area contributed by atoms with Crippen molar-refractivity contribution in [2.24, 2.45) is 0 Å². The molecule has 0 amide bonds. The minimum atomic E-state index is -0.535. The molecule has 0 radical (unpaired) electrons. The monoisotopic (exact) mass is 241 g/mol. The van der Waals surface area contributed by atoms with Gasteiger partial charge in [0.05, 0.1) is 6.10 Å². The zero-order chi connectivity index (χ0) is 12.4. The molecule has 1 aliphatic heterocycles. The maximum absolute atomic E-state index is 13.8. The normalized spacial score (nSPS) is 24.7. The molecule has 0 spiro atoms. The predicted molar refractivity (Wildman–Crippen MR) is 63.2 cm³/mol. The van der Waals surface area contributed by atoms with E-state index in [9.17, 15) is 8.78 Å². The average molecular weight is 241 g/mol. The van der Waals surface area contributed by atoms with Gasteiger partial charge in [-0.2, -0.15) is 0 Å². The summed E-state index contributed by atoms with van der Waals surface area (Å²) in [7, 11) is 0. The summed E-state index contributed by atoms with van der Waals surface area (Å²) in [6, 6.07) is 2.82. The van der Waals surface area contributed by atoms with E-state index in [0.29, 0.717) is 12.2 Å². The third-order valence-corrected chi connectivity index (χ3v) is 3.12. The Labute approximate surface area is 100.0 Å². The molecule has 2 atom stereocenters. The molecule has 17 heavy (non-hydrogen) atoms. The van der Waals surface area contributed by atoms with Gasteiger partial charge in [-0.25, -0.2) is 8.78 Å². The van der Waals surface area contributed by atoms with Gasteiger partial charge >= 0.3 is 0 Å². The van der Waals surface area contributed by atoms with E-state index in [0.717, 1.165) is 12.8 Å². The lowest BCUT2D eigenvalue weighted by molar-refractivity contribution is 0.0231. The molecule has 0 aromatic heterocycles. The van der Waals surface area contributed by atoms with E-state index in [-0.39, 0.29) is 17.8 Å². The summed E-state index contributed by atoms with van der Waals surface area (Å²) in [6.07, 6.45) is 1.68. The highest BCUT2D eigenvalue weighted by atomic mass is 19.1. The number of hydrogen-bond acceptors (Lipinski definition) is 2. The van der Waals surface area contributed by atoms with Crippen LogP contribution in [0.25, 0.3) is 0 Å². The summed E-state index contributed by atoms with van der Waals surface area (Å²) in [5.41, 5.74) is 0.443. The van der Waals surface area contributed by atoms with E-state index < -0.39 is 11.6 Å². The highest BCUT2D eigenvalue weighted by Gasteiger charge is 2.21. The van der Waals surface area contributed by atoms with Crippen molar-refractivity contribution in [3.63, 3.8) is 0 Å². The molecule has 0 saturated carbocycles. The lowest BCUT2D eigenvalue weighted by Gasteiger charge is -2.29. The Balaban J connectivity index is 2.15. The fourth-order valence-electron chi connectivity index (χ4n) is 2.12. The summed E-state index contributed by atoms with van der Waals surface area (Å²) >= 11 is 0. The van der Waals surface area contributed by atoms with Gasteiger partial charge in [0.2, 0.25) is 0 Å². The molecule has 2 unspecified atom stereocenters. The smallest absolute Gasteiger partial charge is 0.152 e. The van der Waals surface area contributed by atoms with Crippen LogP contribution in [0.4, 0.5) is 14.5 Å². The van der Waals surface area contributed by atoms with Gasteiger partial charge in [0.15, 0.2) is 5.82 Å². The molecule has 1 aromatic carbocycles. The molecule has 2 rings (SSSR count). The zero-order valence-corrected chi connectivity index (χ0v) is 10.1. The summed E-state index contributed by atoms with van der Waals surface area (Å²) in [4.78, 5) is 0. The Morgan fingerprint density at radius 1 is 1.35 bits per heavy atom. The number of rotatable bonds is 2. The lowest BCUT2D eigenvalue weighted by Crippen LogP contribution is -2.33. The molecule has 1 N–H and O–H groups in total. The quantitative estimate of drug-likeness (QED) is 0.858. The Morgan fingerprint density at radius 3 is 2.82 bits per heavy atom. The van der Waals surface area contributed by atoms with Gasteiger partial charge in [0.1, 0.15) is 11.5 Å². The number of anilines is 1. The Morgan fingerprint density at radius 2 is 2.12 bits per heavy atom. The second-order valence-electron chi connectivity index (χ2n) is 4.60. The Hall–Kier alpha value is -1.16. The first-order valence-corrected chi connectivity index (χ1v) is 5.90. The number of benzene rings is 1. The predicted octanol–water partition coefficient (Wildman–Crippen LogP) is 3.25. The molecule has 94 valence electrons. The van der Waals surface area contributed by atoms with Crippen LogP contribution >= 0.6 is 0 Å². The standard InChI is InChI=1S/C13H17F2NO/c1-8-3-4-11(14)13(12(8)15)16-10-5-6-17-9(2)7-10/h3-4,9-10,16H,5-7H2,1-2H3. The third-order valence-electron chi connectivity index (χ3n) is 3.12. The first-order valence-electron chi connectivity index (χ1n) is 5.90. The van der Waals surface area contributed by atoms with Crippen LogP contribution in [0, 0.1) is 18.6 Å². The first kappa shape index (κ1) is 12.3. The van der Waals surface area contributed by atoms with Gasteiger partial charge < -0.3 is 10.1 Å². The van der Waals surface area contributed by atoms with Gasteiger partial charge in [0, 0.05) is 12.6 Å². The van der Waals surface area contributed by atoms with Gasteiger partial charge in [-0.05, 0) is 38.3 Å². The van der Waals surface area contributed by atoms with Crippen molar-refractivity contribution in [3.8, 4) is 0 Å². The fourth-order valence-corrected chi connectivity index (χ4v) is 2.12. The van der Waals surface area contributed by atoms with Crippen molar-refractivity contribution in [2.45, 2.75) is 38.8 Å². The van der Waals surface area contributed by atoms with E-state index >= 15 is 0 Å². The summed E-state index contributed by atoms with van der Waals surface area (Å²) in [5.74, 6) is -1.03. The number of nitrogens with one attached hydrogen (secondary N) is 1. The Bertz CT molecular complexity index is 409. The number of ether oxygens (including phenoxy) is 1. The molecule has 1 saturated heterocycles. The molecule has 2 nitrogen and oxygen atoms in total. The lowest BCUT2D eigenvalue weighted by atomic mass is 10.0. The van der Waals surface area contributed by atoms with Crippen LogP contribution in [0.15, 0.2) is 12.1 Å². The average Bonchev–Trinajstić information content (AvgIpc) is 2.30. The highest BCUT2D eigenvalue weighted by Crippen LogP contribution is 2.25. The van der Waals surface area contributed by atoms with Gasteiger partial charge in [0.25, 0.3) is 0 Å². The molecular weight excluding hydrogens is 224 g/mol. The number of aryl methyl sites for hydroxylation is 1. The molecular formula is C13H17F2NO. The minimum Gasteiger partial charge on any atom is -0.378 e. The molecule has 0 bridgehead atoms. The fraction of sp³-hybridized carbons (Fsp3) is 0.538. The molecule has 1 heterocycles. The topological polar surface area (TPSA) is 21.3 Å². The van der Waals surface area contributed by atoms with Crippen molar-refractivity contribution in [3.05, 3.63) is 29.3 Å². The van der Waals surface area contributed by atoms with Crippen LogP contribution in [0.1, 0.15) is 25.3 Å². The number of halogens is 2. The van der Waals surface area contributed by atoms with Gasteiger partial charge in [-0.3, -0.25) is 0 Å². The minimum absolute atomic E-state index is 0.0101. The van der Waals surface area contributed by atoms with Crippen molar-refractivity contribution in [1.82, 2.24) is 0 Å². The van der Waals surface area contributed by atoms with Crippen molar-refractivity contribution in [2.75, 3.05) is 11.9 Å². The molecule has 0 aliphatic carbocycles. The maximum atomic E-state index is 13.8. The van der Waals surface area contributed by atoms with Gasteiger partial charge in [-0.15, -0.1) is 0 Å². The van der Waals surface area contributed by atoms with Crippen LogP contribution in [-0.4, -0.2) is 18.8 Å². The van der Waals surface area contributed by atoms with Crippen molar-refractivity contribution in [1.29, 1.82) is 0 Å². The van der Waals surface area contributed by atoms with Crippen molar-refractivity contribution >= 4 is 5.69 Å². The maximum Gasteiger partial charge on any atom is 0.152 e. The SMILES string of the molecule is Cc1ccc(F)c(NC2CCOC(C)C2)c1F. The first-order chi connectivity index (χ1) is 8.08. The van der Waals surface area contributed by atoms with E-state index in [4.69, 9.17) is 4.74 Å². The summed E-state index contributed by atoms with van der Waals surface area (Å²) in [6.45, 7) is 4.23. The number of hydrogen-bond donors (Lipinski definition) is 1. The van der Waals surface area contributed by atoms with Gasteiger partial charge in [-0.1, -0.05) is 6.07 Å². The molecule has 1 fully saturated rings. The summed E-state index contributed by atoms with van der Waals surface area (Å²) < 4.78 is 32.7. The largest absolute Gasteiger partial charge is 0.378 e. The van der Waals surface area contributed by atoms with Crippen LogP contribution in [0.5, 0.6) is 0 Å². The zero-order valence-electron chi connectivity index (χ0n) is 10.1. The second-order valence-corrected chi connectivity index (χ2v) is 4.60. The van der Waals surface area contributed by atoms with E-state index in [1.807, 2.05) is 6.92 Å². The van der Waals surface area contributed by atoms with E-state index in [1.54, 1.807) is 6.92 Å². The third kappa shape index (κ3) is 2.75. The Kier molecular flexibility index (Phi) is 3.62. The second kappa shape index (κ2) is 5.00. The van der Waals surface area contributed by atoms with Crippen LogP contribution in [0.2, 0.25) is 0 Å². The van der Waals surface area contributed by atoms with Crippen LogP contribution in [0.3, 0.4) is 0 Å². The summed E-state index contributed by atoms with van der Waals surface area (Å²) in [5, 5.41) is 2.96. The van der Waals surface area contributed by atoms with E-state index in [2.05, 4.69) is 5.32 Å². The molecule has 1 aliphatic rings.